The van der Waals surface area contributed by atoms with Crippen molar-refractivity contribution in [3.8, 4) is 5.75 Å². The fourth-order valence-electron chi connectivity index (χ4n) is 1.06. The van der Waals surface area contributed by atoms with Crippen LogP contribution >= 0.6 is 0 Å². The number of hydrogen-bond donors (Lipinski definition) is 1. The van der Waals surface area contributed by atoms with E-state index < -0.39 is 0 Å². The lowest BCUT2D eigenvalue weighted by atomic mass is 10.1. The van der Waals surface area contributed by atoms with Crippen LogP contribution in [0.2, 0.25) is 0 Å². The molecule has 1 N–H and O–H groups in total. The molecule has 1 heterocycles. The van der Waals surface area contributed by atoms with Gasteiger partial charge in [0, 0.05) is 11.7 Å². The summed E-state index contributed by atoms with van der Waals surface area (Å²) in [6.07, 6.45) is 3.93. The van der Waals surface area contributed by atoms with E-state index in [1.807, 2.05) is 30.3 Å². The number of fused-ring (bicyclic) bond motifs is 1. The minimum Gasteiger partial charge on any atom is -0.489 e. The van der Waals surface area contributed by atoms with Gasteiger partial charge in [0.05, 0.1) is 0 Å². The Labute approximate surface area is 84.8 Å². The van der Waals surface area contributed by atoms with Crippen molar-refractivity contribution in [1.29, 1.82) is 0 Å². The number of hydrogen-bond acceptors (Lipinski definition) is 2. The van der Waals surface area contributed by atoms with Crippen molar-refractivity contribution in [2.75, 3.05) is 6.61 Å². The Bertz CT molecular complexity index is 300. The summed E-state index contributed by atoms with van der Waals surface area (Å²) in [5, 5.41) is 8.06. The van der Waals surface area contributed by atoms with E-state index in [0.29, 0.717) is 6.61 Å². The van der Waals surface area contributed by atoms with Gasteiger partial charge in [-0.3, -0.25) is 0 Å². The van der Waals surface area contributed by atoms with Crippen LogP contribution in [0.1, 0.15) is 19.4 Å². The number of para-hydroxylation sites is 1. The van der Waals surface area contributed by atoms with Crippen LogP contribution in [0.15, 0.2) is 30.3 Å². The quantitative estimate of drug-likeness (QED) is 0.684. The summed E-state index contributed by atoms with van der Waals surface area (Å²) in [6, 6.07) is 8.03. The third-order valence-electron chi connectivity index (χ3n) is 1.55. The second-order valence-corrected chi connectivity index (χ2v) is 3.34. The molecule has 2 rings (SSSR count). The Morgan fingerprint density at radius 2 is 1.93 bits per heavy atom. The minimum atomic E-state index is -0.167. The maximum absolute atomic E-state index is 8.06. The Balaban J connectivity index is 0.000000213. The summed E-state index contributed by atoms with van der Waals surface area (Å²) in [5.74, 6) is 0.991. The number of rotatable bonds is 0. The zero-order valence-electron chi connectivity index (χ0n) is 8.60. The molecule has 1 aliphatic heterocycles. The average Bonchev–Trinajstić information content (AvgIpc) is 2.17. The maximum atomic E-state index is 8.06. The van der Waals surface area contributed by atoms with E-state index in [2.05, 4.69) is 6.08 Å². The van der Waals surface area contributed by atoms with E-state index in [1.54, 1.807) is 13.8 Å². The molecule has 76 valence electrons. The Morgan fingerprint density at radius 3 is 2.57 bits per heavy atom. The smallest absolute Gasteiger partial charge is 0.126 e. The van der Waals surface area contributed by atoms with Crippen LogP contribution in [0.5, 0.6) is 5.75 Å². The van der Waals surface area contributed by atoms with Gasteiger partial charge in [-0.25, -0.2) is 0 Å². The molecule has 0 atom stereocenters. The molecule has 1 aliphatic rings. The predicted molar refractivity (Wildman–Crippen MR) is 58.3 cm³/mol. The number of aliphatic hydroxyl groups is 1. The molecule has 14 heavy (non-hydrogen) atoms. The molecule has 1 aromatic carbocycles. The highest BCUT2D eigenvalue weighted by Gasteiger charge is 2.01. The molecule has 2 nitrogen and oxygen atoms in total. The van der Waals surface area contributed by atoms with Gasteiger partial charge < -0.3 is 9.84 Å². The number of aliphatic hydroxyl groups excluding tert-OH is 1. The second kappa shape index (κ2) is 5.45. The van der Waals surface area contributed by atoms with Crippen LogP contribution < -0.4 is 4.74 Å². The van der Waals surface area contributed by atoms with Crippen LogP contribution in [0.3, 0.4) is 0 Å². The first kappa shape index (κ1) is 10.8. The standard InChI is InChI=1S/C9H8O.C3H8O/c1-2-6-9-8(4-1)5-3-7-10-9;1-3(2)4/h1-6H,7H2;3-4H,1-2H3. The van der Waals surface area contributed by atoms with Crippen molar-refractivity contribution < 1.29 is 9.84 Å². The van der Waals surface area contributed by atoms with Gasteiger partial charge in [-0.05, 0) is 26.0 Å². The van der Waals surface area contributed by atoms with Crippen molar-refractivity contribution >= 4 is 6.08 Å². The highest BCUT2D eigenvalue weighted by Crippen LogP contribution is 2.21. The van der Waals surface area contributed by atoms with Crippen molar-refractivity contribution in [2.24, 2.45) is 0 Å². The van der Waals surface area contributed by atoms with Gasteiger partial charge in [-0.15, -0.1) is 0 Å². The third kappa shape index (κ3) is 3.62. The molecule has 0 aliphatic carbocycles. The lowest BCUT2D eigenvalue weighted by molar-refractivity contribution is 0.216. The summed E-state index contributed by atoms with van der Waals surface area (Å²) in [6.45, 7) is 4.15. The average molecular weight is 192 g/mol. The first-order chi connectivity index (χ1) is 6.70. The summed E-state index contributed by atoms with van der Waals surface area (Å²) in [4.78, 5) is 0. The molecule has 0 amide bonds. The Morgan fingerprint density at radius 1 is 1.29 bits per heavy atom. The van der Waals surface area contributed by atoms with E-state index in [1.165, 1.54) is 5.56 Å². The van der Waals surface area contributed by atoms with Crippen LogP contribution in [-0.2, 0) is 0 Å². The molecular formula is C12H16O2. The third-order valence-corrected chi connectivity index (χ3v) is 1.55. The zero-order valence-corrected chi connectivity index (χ0v) is 8.60. The van der Waals surface area contributed by atoms with Crippen LogP contribution in [-0.4, -0.2) is 17.8 Å². The Kier molecular flexibility index (Phi) is 4.20. The van der Waals surface area contributed by atoms with Gasteiger partial charge in [-0.2, -0.15) is 0 Å². The fourth-order valence-corrected chi connectivity index (χ4v) is 1.06. The first-order valence-electron chi connectivity index (χ1n) is 4.76. The summed E-state index contributed by atoms with van der Waals surface area (Å²) < 4.78 is 5.34. The molecule has 0 unspecified atom stereocenters. The molecule has 2 heteroatoms. The van der Waals surface area contributed by atoms with Crippen molar-refractivity contribution in [1.82, 2.24) is 0 Å². The Hall–Kier alpha value is -1.28. The monoisotopic (exact) mass is 192 g/mol. The van der Waals surface area contributed by atoms with Crippen LogP contribution in [0.4, 0.5) is 0 Å². The van der Waals surface area contributed by atoms with Gasteiger partial charge >= 0.3 is 0 Å². The highest BCUT2D eigenvalue weighted by atomic mass is 16.5. The lowest BCUT2D eigenvalue weighted by Crippen LogP contribution is -1.98. The van der Waals surface area contributed by atoms with E-state index >= 15 is 0 Å². The molecule has 0 aromatic heterocycles. The number of ether oxygens (including phenoxy) is 1. The molecular weight excluding hydrogens is 176 g/mol. The molecule has 0 spiro atoms. The van der Waals surface area contributed by atoms with Gasteiger partial charge in [0.2, 0.25) is 0 Å². The van der Waals surface area contributed by atoms with E-state index in [-0.39, 0.29) is 6.10 Å². The second-order valence-electron chi connectivity index (χ2n) is 3.34. The van der Waals surface area contributed by atoms with Gasteiger partial charge in [-0.1, -0.05) is 24.3 Å². The predicted octanol–water partition coefficient (Wildman–Crippen LogP) is 2.48. The first-order valence-corrected chi connectivity index (χ1v) is 4.76. The van der Waals surface area contributed by atoms with Gasteiger partial charge in [0.25, 0.3) is 0 Å². The summed E-state index contributed by atoms with van der Waals surface area (Å²) >= 11 is 0. The lowest BCUT2D eigenvalue weighted by Gasteiger charge is -2.10. The maximum Gasteiger partial charge on any atom is 0.126 e. The molecule has 0 saturated carbocycles. The largest absolute Gasteiger partial charge is 0.489 e. The van der Waals surface area contributed by atoms with E-state index in [9.17, 15) is 0 Å². The van der Waals surface area contributed by atoms with E-state index in [0.717, 1.165) is 5.75 Å². The van der Waals surface area contributed by atoms with E-state index in [4.69, 9.17) is 9.84 Å². The highest BCUT2D eigenvalue weighted by molar-refractivity contribution is 5.58. The molecule has 0 fully saturated rings. The van der Waals surface area contributed by atoms with Crippen molar-refractivity contribution in [3.63, 3.8) is 0 Å². The fraction of sp³-hybridized carbons (Fsp3) is 0.333. The summed E-state index contributed by atoms with van der Waals surface area (Å²) in [7, 11) is 0. The molecule has 0 bridgehead atoms. The van der Waals surface area contributed by atoms with Crippen LogP contribution in [0.25, 0.3) is 6.08 Å². The van der Waals surface area contributed by atoms with Gasteiger partial charge in [0.1, 0.15) is 12.4 Å². The SMILES string of the molecule is C1=Cc2ccccc2OC1.CC(C)O. The zero-order chi connectivity index (χ0) is 10.4. The van der Waals surface area contributed by atoms with Crippen LogP contribution in [0, 0.1) is 0 Å². The topological polar surface area (TPSA) is 29.5 Å². The summed E-state index contributed by atoms with van der Waals surface area (Å²) in [5.41, 5.74) is 1.17. The number of benzene rings is 1. The molecule has 1 aromatic rings. The van der Waals surface area contributed by atoms with Gasteiger partial charge in [0.15, 0.2) is 0 Å². The van der Waals surface area contributed by atoms with Crippen molar-refractivity contribution in [3.05, 3.63) is 35.9 Å². The molecule has 0 radical (unpaired) electrons. The molecule has 0 saturated heterocycles. The van der Waals surface area contributed by atoms with Crippen molar-refractivity contribution in [2.45, 2.75) is 20.0 Å². The minimum absolute atomic E-state index is 0.167. The normalized spacial score (nSPS) is 12.6.